The lowest BCUT2D eigenvalue weighted by atomic mass is 10.2. The monoisotopic (exact) mass is 341 g/mol. The highest BCUT2D eigenvalue weighted by Gasteiger charge is 2.22. The number of nitrogens with zero attached hydrogens (tertiary/aromatic N) is 4. The Morgan fingerprint density at radius 3 is 2.52 bits per heavy atom. The van der Waals surface area contributed by atoms with E-state index < -0.39 is 0 Å². The summed E-state index contributed by atoms with van der Waals surface area (Å²) >= 11 is 0. The molecule has 1 aromatic carbocycles. The number of nitrogens with one attached hydrogen (secondary N) is 1. The lowest BCUT2D eigenvalue weighted by Crippen LogP contribution is -2.48. The normalized spacial score (nSPS) is 14.1. The number of aromatic nitrogens is 2. The second-order valence-electron chi connectivity index (χ2n) is 5.56. The first-order valence-electron chi connectivity index (χ1n) is 7.93. The minimum absolute atomic E-state index is 0.179. The van der Waals surface area contributed by atoms with Crippen molar-refractivity contribution >= 4 is 23.8 Å². The summed E-state index contributed by atoms with van der Waals surface area (Å²) in [7, 11) is 1.60. The fourth-order valence-electron chi connectivity index (χ4n) is 2.59. The van der Waals surface area contributed by atoms with Crippen LogP contribution in [0.3, 0.4) is 0 Å². The second kappa shape index (κ2) is 7.61. The highest BCUT2D eigenvalue weighted by atomic mass is 16.5. The minimum Gasteiger partial charge on any atom is -0.495 e. The highest BCUT2D eigenvalue weighted by Crippen LogP contribution is 2.25. The summed E-state index contributed by atoms with van der Waals surface area (Å²) in [4.78, 5) is 26.5. The van der Waals surface area contributed by atoms with E-state index >= 15 is 0 Å². The molecule has 8 nitrogen and oxygen atoms in total. The topological polar surface area (TPSA) is 87.7 Å². The molecule has 1 aliphatic rings. The van der Waals surface area contributed by atoms with Crippen molar-refractivity contribution in [2.45, 2.75) is 0 Å². The minimum atomic E-state index is -0.179. The first kappa shape index (κ1) is 16.7. The molecule has 1 aromatic heterocycles. The summed E-state index contributed by atoms with van der Waals surface area (Å²) in [6.07, 6.45) is 0.805. The van der Waals surface area contributed by atoms with Gasteiger partial charge in [-0.2, -0.15) is 0 Å². The fraction of sp³-hybridized carbons (Fsp3) is 0.294. The molecule has 2 heterocycles. The quantitative estimate of drug-likeness (QED) is 0.821. The molecule has 1 aliphatic heterocycles. The van der Waals surface area contributed by atoms with E-state index in [1.807, 2.05) is 24.3 Å². The zero-order valence-corrected chi connectivity index (χ0v) is 13.9. The van der Waals surface area contributed by atoms with Gasteiger partial charge >= 0.3 is 0 Å². The number of benzene rings is 1. The Labute approximate surface area is 145 Å². The van der Waals surface area contributed by atoms with Crippen LogP contribution in [0.4, 0.5) is 11.5 Å². The van der Waals surface area contributed by atoms with Crippen molar-refractivity contribution in [1.29, 1.82) is 0 Å². The van der Waals surface area contributed by atoms with Gasteiger partial charge in [-0.15, -0.1) is 10.2 Å². The molecule has 25 heavy (non-hydrogen) atoms. The SMILES string of the molecule is COc1ccccc1Nc1ccc(C(=O)N2CCN(C=O)CC2)nn1. The van der Waals surface area contributed by atoms with E-state index in [1.54, 1.807) is 29.0 Å². The number of anilines is 2. The average molecular weight is 341 g/mol. The summed E-state index contributed by atoms with van der Waals surface area (Å²) in [5.74, 6) is 1.03. The predicted octanol–water partition coefficient (Wildman–Crippen LogP) is 1.14. The number of hydrogen-bond donors (Lipinski definition) is 1. The number of carbonyl (C=O) groups is 2. The van der Waals surface area contributed by atoms with Crippen LogP contribution in [0.5, 0.6) is 5.75 Å². The van der Waals surface area contributed by atoms with Gasteiger partial charge in [0.25, 0.3) is 5.91 Å². The van der Waals surface area contributed by atoms with Crippen molar-refractivity contribution in [2.24, 2.45) is 0 Å². The van der Waals surface area contributed by atoms with Gasteiger partial charge in [-0.1, -0.05) is 12.1 Å². The Hall–Kier alpha value is -3.16. The van der Waals surface area contributed by atoms with Crippen molar-refractivity contribution < 1.29 is 14.3 Å². The maximum absolute atomic E-state index is 12.4. The molecule has 3 rings (SSSR count). The molecule has 0 spiro atoms. The Balaban J connectivity index is 1.66. The summed E-state index contributed by atoms with van der Waals surface area (Å²) in [6, 6.07) is 10.8. The number of methoxy groups -OCH3 is 1. The zero-order chi connectivity index (χ0) is 17.6. The van der Waals surface area contributed by atoms with Crippen molar-refractivity contribution in [2.75, 3.05) is 38.6 Å². The van der Waals surface area contributed by atoms with Crippen LogP contribution in [0.25, 0.3) is 0 Å². The van der Waals surface area contributed by atoms with Crippen molar-refractivity contribution in [3.63, 3.8) is 0 Å². The lowest BCUT2D eigenvalue weighted by Gasteiger charge is -2.32. The molecule has 0 atom stereocenters. The van der Waals surface area contributed by atoms with Crippen LogP contribution < -0.4 is 10.1 Å². The molecule has 1 fully saturated rings. The standard InChI is InChI=1S/C17H19N5O3/c1-25-15-5-3-2-4-13(15)18-16-7-6-14(19-20-16)17(24)22-10-8-21(12-23)9-11-22/h2-7,12H,8-11H2,1H3,(H,18,20). The number of rotatable bonds is 5. The number of para-hydroxylation sites is 2. The molecule has 0 radical (unpaired) electrons. The largest absolute Gasteiger partial charge is 0.495 e. The van der Waals surface area contributed by atoms with Crippen molar-refractivity contribution in [3.8, 4) is 5.75 Å². The maximum atomic E-state index is 12.4. The first-order chi connectivity index (χ1) is 12.2. The third-order valence-corrected chi connectivity index (χ3v) is 4.00. The molecule has 0 saturated carbocycles. The molecule has 130 valence electrons. The Bertz CT molecular complexity index is 742. The molecular weight excluding hydrogens is 322 g/mol. The Kier molecular flexibility index (Phi) is 5.08. The van der Waals surface area contributed by atoms with E-state index in [2.05, 4.69) is 15.5 Å². The van der Waals surface area contributed by atoms with Crippen LogP contribution in [0.1, 0.15) is 10.5 Å². The molecule has 2 amide bonds. The van der Waals surface area contributed by atoms with E-state index in [-0.39, 0.29) is 11.6 Å². The van der Waals surface area contributed by atoms with Crippen LogP contribution in [0.15, 0.2) is 36.4 Å². The van der Waals surface area contributed by atoms with Crippen LogP contribution >= 0.6 is 0 Å². The Morgan fingerprint density at radius 1 is 1.12 bits per heavy atom. The summed E-state index contributed by atoms with van der Waals surface area (Å²) in [5, 5.41) is 11.2. The van der Waals surface area contributed by atoms with Gasteiger partial charge in [0.15, 0.2) is 11.5 Å². The third kappa shape index (κ3) is 3.85. The van der Waals surface area contributed by atoms with Gasteiger partial charge in [0, 0.05) is 26.2 Å². The van der Waals surface area contributed by atoms with Gasteiger partial charge in [-0.05, 0) is 24.3 Å². The van der Waals surface area contributed by atoms with Crippen LogP contribution in [-0.2, 0) is 4.79 Å². The molecule has 2 aromatic rings. The van der Waals surface area contributed by atoms with Gasteiger partial charge in [-0.25, -0.2) is 0 Å². The fourth-order valence-corrected chi connectivity index (χ4v) is 2.59. The highest BCUT2D eigenvalue weighted by molar-refractivity contribution is 5.92. The lowest BCUT2D eigenvalue weighted by molar-refractivity contribution is -0.119. The molecule has 8 heteroatoms. The predicted molar refractivity (Wildman–Crippen MR) is 91.8 cm³/mol. The van der Waals surface area contributed by atoms with Gasteiger partial charge in [0.2, 0.25) is 6.41 Å². The van der Waals surface area contributed by atoms with Crippen molar-refractivity contribution in [3.05, 3.63) is 42.1 Å². The first-order valence-corrected chi connectivity index (χ1v) is 7.93. The number of hydrogen-bond acceptors (Lipinski definition) is 6. The molecule has 0 unspecified atom stereocenters. The van der Waals surface area contributed by atoms with E-state index in [4.69, 9.17) is 4.74 Å². The van der Waals surface area contributed by atoms with Gasteiger partial charge < -0.3 is 19.9 Å². The summed E-state index contributed by atoms with van der Waals surface area (Å²) in [5.41, 5.74) is 1.05. The smallest absolute Gasteiger partial charge is 0.274 e. The van der Waals surface area contributed by atoms with E-state index in [1.165, 1.54) is 0 Å². The average Bonchev–Trinajstić information content (AvgIpc) is 2.68. The zero-order valence-electron chi connectivity index (χ0n) is 13.9. The molecule has 0 aliphatic carbocycles. The Morgan fingerprint density at radius 2 is 1.88 bits per heavy atom. The van der Waals surface area contributed by atoms with E-state index in [0.29, 0.717) is 37.7 Å². The van der Waals surface area contributed by atoms with E-state index in [9.17, 15) is 9.59 Å². The van der Waals surface area contributed by atoms with Crippen LogP contribution in [0.2, 0.25) is 0 Å². The van der Waals surface area contributed by atoms with Crippen LogP contribution in [-0.4, -0.2) is 65.6 Å². The van der Waals surface area contributed by atoms with Gasteiger partial charge in [-0.3, -0.25) is 9.59 Å². The number of piperazine rings is 1. The number of amides is 2. The third-order valence-electron chi connectivity index (χ3n) is 4.00. The molecule has 0 bridgehead atoms. The molecular formula is C17H19N5O3. The number of ether oxygens (including phenoxy) is 1. The molecule has 1 N–H and O–H groups in total. The number of carbonyl (C=O) groups excluding carboxylic acids is 2. The summed E-state index contributed by atoms with van der Waals surface area (Å²) < 4.78 is 5.28. The van der Waals surface area contributed by atoms with Gasteiger partial charge in [0.1, 0.15) is 5.75 Å². The van der Waals surface area contributed by atoms with Crippen molar-refractivity contribution in [1.82, 2.24) is 20.0 Å². The van der Waals surface area contributed by atoms with E-state index in [0.717, 1.165) is 12.1 Å². The second-order valence-corrected chi connectivity index (χ2v) is 5.56. The summed E-state index contributed by atoms with van der Waals surface area (Å²) in [6.45, 7) is 2.08. The van der Waals surface area contributed by atoms with Crippen LogP contribution in [0, 0.1) is 0 Å². The maximum Gasteiger partial charge on any atom is 0.274 e. The molecule has 1 saturated heterocycles. The van der Waals surface area contributed by atoms with Gasteiger partial charge in [0.05, 0.1) is 12.8 Å².